The zero-order chi connectivity index (χ0) is 5.91. The van der Waals surface area contributed by atoms with Crippen molar-refractivity contribution in [3.05, 3.63) is 0 Å². The number of quaternary nitrogens is 1. The highest BCUT2D eigenvalue weighted by Gasteiger charge is 2.09. The minimum Gasteiger partial charge on any atom is -0.342 e. The van der Waals surface area contributed by atoms with E-state index >= 15 is 0 Å². The van der Waals surface area contributed by atoms with Crippen LogP contribution in [0.5, 0.6) is 0 Å². The third kappa shape index (κ3) is 5.96. The fraction of sp³-hybridized carbons (Fsp3) is 1.00. The largest absolute Gasteiger partial charge is 0.342 e. The predicted molar refractivity (Wildman–Crippen MR) is 32.2 cm³/mol. The van der Waals surface area contributed by atoms with E-state index in [2.05, 4.69) is 33.0 Å². The van der Waals surface area contributed by atoms with Crippen LogP contribution in [-0.4, -0.2) is 12.1 Å². The monoisotopic (exact) mass is 102 g/mol. The van der Waals surface area contributed by atoms with Crippen LogP contribution >= 0.6 is 0 Å². The van der Waals surface area contributed by atoms with Gasteiger partial charge < -0.3 is 5.32 Å². The maximum Gasteiger partial charge on any atom is 0.0875 e. The first-order chi connectivity index (χ1) is 3.06. The van der Waals surface area contributed by atoms with Crippen molar-refractivity contribution in [3.8, 4) is 0 Å². The van der Waals surface area contributed by atoms with Crippen LogP contribution in [0.2, 0.25) is 0 Å². The molecule has 0 rings (SSSR count). The highest BCUT2D eigenvalue weighted by molar-refractivity contribution is 4.50. The van der Waals surface area contributed by atoms with Crippen molar-refractivity contribution < 1.29 is 5.32 Å². The van der Waals surface area contributed by atoms with Crippen LogP contribution in [0.3, 0.4) is 0 Å². The van der Waals surface area contributed by atoms with Gasteiger partial charge in [-0.05, 0) is 27.7 Å². The molecule has 7 heavy (non-hydrogen) atoms. The molecular formula is C6H16N+. The number of hydrogen-bond donors (Lipinski definition) is 1. The number of rotatable bonds is 1. The van der Waals surface area contributed by atoms with Gasteiger partial charge in [0, 0.05) is 0 Å². The first kappa shape index (κ1) is 6.96. The van der Waals surface area contributed by atoms with Gasteiger partial charge in [0.25, 0.3) is 0 Å². The molecule has 0 radical (unpaired) electrons. The summed E-state index contributed by atoms with van der Waals surface area (Å²) in [4.78, 5) is 0. The van der Waals surface area contributed by atoms with Crippen LogP contribution in [0.4, 0.5) is 0 Å². The van der Waals surface area contributed by atoms with E-state index in [1.54, 1.807) is 0 Å². The fourth-order valence-corrected chi connectivity index (χ4v) is 0.612. The molecule has 0 amide bonds. The maximum atomic E-state index is 2.31. The molecule has 1 heteroatoms. The molecule has 0 saturated heterocycles. The lowest BCUT2D eigenvalue weighted by Gasteiger charge is -2.14. The second-order valence-corrected chi connectivity index (χ2v) is 2.98. The van der Waals surface area contributed by atoms with Crippen LogP contribution in [0.25, 0.3) is 0 Å². The fourth-order valence-electron chi connectivity index (χ4n) is 0.612. The molecule has 0 saturated carbocycles. The zero-order valence-electron chi connectivity index (χ0n) is 5.78. The van der Waals surface area contributed by atoms with Crippen molar-refractivity contribution in [2.24, 2.45) is 0 Å². The summed E-state index contributed by atoms with van der Waals surface area (Å²) in [7, 11) is 0. The molecule has 2 N–H and O–H groups in total. The van der Waals surface area contributed by atoms with Crippen LogP contribution in [-0.2, 0) is 0 Å². The lowest BCUT2D eigenvalue weighted by atomic mass is 10.1. The Morgan fingerprint density at radius 3 is 1.71 bits per heavy atom. The molecule has 0 aromatic carbocycles. The van der Waals surface area contributed by atoms with E-state index in [4.69, 9.17) is 0 Å². The molecule has 0 spiro atoms. The highest BCUT2D eigenvalue weighted by atomic mass is 14.9. The van der Waals surface area contributed by atoms with Crippen LogP contribution in [0, 0.1) is 0 Å². The third-order valence-corrected chi connectivity index (χ3v) is 0.816. The second-order valence-electron chi connectivity index (χ2n) is 2.98. The normalized spacial score (nSPS) is 12.0. The molecule has 0 aliphatic heterocycles. The topological polar surface area (TPSA) is 16.6 Å². The average molecular weight is 102 g/mol. The van der Waals surface area contributed by atoms with Crippen molar-refractivity contribution in [2.45, 2.75) is 33.2 Å². The van der Waals surface area contributed by atoms with Gasteiger partial charge in [-0.2, -0.15) is 0 Å². The Bertz CT molecular complexity index is 42.6. The zero-order valence-corrected chi connectivity index (χ0v) is 5.78. The van der Waals surface area contributed by atoms with E-state index in [0.29, 0.717) is 5.54 Å². The van der Waals surface area contributed by atoms with Gasteiger partial charge in [-0.15, -0.1) is 0 Å². The Morgan fingerprint density at radius 2 is 1.71 bits per heavy atom. The third-order valence-electron chi connectivity index (χ3n) is 0.816. The summed E-state index contributed by atoms with van der Waals surface area (Å²) in [6, 6.07) is 0. The maximum absolute atomic E-state index is 2.31. The van der Waals surface area contributed by atoms with Crippen molar-refractivity contribution in [1.29, 1.82) is 0 Å². The van der Waals surface area contributed by atoms with E-state index in [1.807, 2.05) is 0 Å². The van der Waals surface area contributed by atoms with Gasteiger partial charge in [-0.1, -0.05) is 0 Å². The Balaban J connectivity index is 3.15. The molecule has 0 aromatic heterocycles. The first-order valence-corrected chi connectivity index (χ1v) is 2.90. The quantitative estimate of drug-likeness (QED) is 0.492. The SMILES string of the molecule is CC[NH2+]C(C)(C)C. The summed E-state index contributed by atoms with van der Waals surface area (Å²) in [5, 5.41) is 2.31. The van der Waals surface area contributed by atoms with Crippen molar-refractivity contribution in [1.82, 2.24) is 0 Å². The van der Waals surface area contributed by atoms with E-state index in [0.717, 1.165) is 0 Å². The predicted octanol–water partition coefficient (Wildman–Crippen LogP) is 0.368. The van der Waals surface area contributed by atoms with E-state index in [9.17, 15) is 0 Å². The van der Waals surface area contributed by atoms with Gasteiger partial charge in [0.05, 0.1) is 12.1 Å². The van der Waals surface area contributed by atoms with Crippen molar-refractivity contribution in [2.75, 3.05) is 6.54 Å². The molecule has 0 atom stereocenters. The number of hydrogen-bond acceptors (Lipinski definition) is 0. The summed E-state index contributed by atoms with van der Waals surface area (Å²) in [6.07, 6.45) is 0. The van der Waals surface area contributed by atoms with E-state index in [-0.39, 0.29) is 0 Å². The van der Waals surface area contributed by atoms with Gasteiger partial charge in [0.2, 0.25) is 0 Å². The molecular weight excluding hydrogens is 86.1 g/mol. The minimum absolute atomic E-state index is 0.425. The van der Waals surface area contributed by atoms with Gasteiger partial charge in [0.1, 0.15) is 0 Å². The highest BCUT2D eigenvalue weighted by Crippen LogP contribution is 1.86. The summed E-state index contributed by atoms with van der Waals surface area (Å²) >= 11 is 0. The van der Waals surface area contributed by atoms with Crippen LogP contribution in [0.1, 0.15) is 27.7 Å². The van der Waals surface area contributed by atoms with E-state index < -0.39 is 0 Å². The molecule has 0 bridgehead atoms. The first-order valence-electron chi connectivity index (χ1n) is 2.90. The minimum atomic E-state index is 0.425. The van der Waals surface area contributed by atoms with E-state index in [1.165, 1.54) is 6.54 Å². The van der Waals surface area contributed by atoms with Gasteiger partial charge in [-0.3, -0.25) is 0 Å². The molecule has 1 nitrogen and oxygen atoms in total. The molecule has 0 aromatic rings. The average Bonchev–Trinajstić information content (AvgIpc) is 1.30. The van der Waals surface area contributed by atoms with Crippen LogP contribution < -0.4 is 5.32 Å². The number of nitrogens with two attached hydrogens (primary N) is 1. The molecule has 0 aliphatic carbocycles. The van der Waals surface area contributed by atoms with Crippen molar-refractivity contribution in [3.63, 3.8) is 0 Å². The lowest BCUT2D eigenvalue weighted by molar-refractivity contribution is -0.714. The molecule has 0 unspecified atom stereocenters. The van der Waals surface area contributed by atoms with Gasteiger partial charge in [-0.25, -0.2) is 0 Å². The summed E-state index contributed by atoms with van der Waals surface area (Å²) in [5.41, 5.74) is 0.425. The summed E-state index contributed by atoms with van der Waals surface area (Å²) < 4.78 is 0. The smallest absolute Gasteiger partial charge is 0.0875 e. The van der Waals surface area contributed by atoms with Crippen LogP contribution in [0.15, 0.2) is 0 Å². The standard InChI is InChI=1S/C6H15N/c1-5-7-6(2,3)4/h7H,5H2,1-4H3/p+1. The summed E-state index contributed by atoms with van der Waals surface area (Å²) in [6.45, 7) is 10.0. The Hall–Kier alpha value is -0.0400. The molecule has 44 valence electrons. The molecule has 0 fully saturated rings. The van der Waals surface area contributed by atoms with Crippen molar-refractivity contribution >= 4 is 0 Å². The molecule has 0 aliphatic rings. The summed E-state index contributed by atoms with van der Waals surface area (Å²) in [5.74, 6) is 0. The second kappa shape index (κ2) is 2.31. The Kier molecular flexibility index (Phi) is 2.30. The Morgan fingerprint density at radius 1 is 1.29 bits per heavy atom. The molecule has 0 heterocycles. The Labute approximate surface area is 46.1 Å². The van der Waals surface area contributed by atoms with Gasteiger partial charge in [0.15, 0.2) is 0 Å². The van der Waals surface area contributed by atoms with Gasteiger partial charge >= 0.3 is 0 Å². The lowest BCUT2D eigenvalue weighted by Crippen LogP contribution is -2.93.